The normalized spacial score (nSPS) is 15.7. The molecule has 2 rings (SSSR count). The maximum Gasteiger partial charge on any atom is 0.331 e. The SMILES string of the molecule is O=C(Cn1c(O)cc(=O)[nH]c1=O)N1CCCCC1. The van der Waals surface area contributed by atoms with Crippen LogP contribution in [0.2, 0.25) is 0 Å². The van der Waals surface area contributed by atoms with Crippen molar-refractivity contribution < 1.29 is 9.90 Å². The van der Waals surface area contributed by atoms with Gasteiger partial charge in [-0.05, 0) is 19.3 Å². The third kappa shape index (κ3) is 2.61. The monoisotopic (exact) mass is 253 g/mol. The lowest BCUT2D eigenvalue weighted by Crippen LogP contribution is -2.40. The topological polar surface area (TPSA) is 95.4 Å². The van der Waals surface area contributed by atoms with Crippen molar-refractivity contribution in [3.8, 4) is 5.88 Å². The largest absolute Gasteiger partial charge is 0.494 e. The molecule has 1 aliphatic heterocycles. The van der Waals surface area contributed by atoms with Gasteiger partial charge in [-0.2, -0.15) is 0 Å². The molecule has 1 aliphatic rings. The molecular weight excluding hydrogens is 238 g/mol. The van der Waals surface area contributed by atoms with Crippen LogP contribution in [-0.4, -0.2) is 38.6 Å². The number of carbonyl (C=O) groups excluding carboxylic acids is 1. The molecule has 7 nitrogen and oxygen atoms in total. The van der Waals surface area contributed by atoms with Crippen molar-refractivity contribution in [2.45, 2.75) is 25.8 Å². The van der Waals surface area contributed by atoms with Crippen LogP contribution in [0.1, 0.15) is 19.3 Å². The van der Waals surface area contributed by atoms with Gasteiger partial charge in [0, 0.05) is 13.1 Å². The van der Waals surface area contributed by atoms with Crippen molar-refractivity contribution >= 4 is 5.91 Å². The molecule has 2 N–H and O–H groups in total. The van der Waals surface area contributed by atoms with Crippen LogP contribution < -0.4 is 11.2 Å². The molecule has 1 aromatic heterocycles. The maximum absolute atomic E-state index is 11.9. The number of aromatic hydroxyl groups is 1. The first kappa shape index (κ1) is 12.4. The van der Waals surface area contributed by atoms with Gasteiger partial charge < -0.3 is 10.0 Å². The Bertz CT molecular complexity index is 554. The van der Waals surface area contributed by atoms with E-state index >= 15 is 0 Å². The minimum absolute atomic E-state index is 0.223. The van der Waals surface area contributed by atoms with Gasteiger partial charge in [0.05, 0.1) is 6.07 Å². The molecule has 0 atom stereocenters. The summed E-state index contributed by atoms with van der Waals surface area (Å²) < 4.78 is 0.859. The number of aromatic amines is 1. The molecule has 0 aromatic carbocycles. The highest BCUT2D eigenvalue weighted by Crippen LogP contribution is 2.10. The van der Waals surface area contributed by atoms with Crippen molar-refractivity contribution in [1.29, 1.82) is 0 Å². The Kier molecular flexibility index (Phi) is 3.50. The van der Waals surface area contributed by atoms with Gasteiger partial charge in [0.2, 0.25) is 11.8 Å². The van der Waals surface area contributed by atoms with E-state index in [0.717, 1.165) is 29.9 Å². The first-order chi connectivity index (χ1) is 8.58. The number of piperidine rings is 1. The van der Waals surface area contributed by atoms with Gasteiger partial charge in [-0.25, -0.2) is 4.79 Å². The molecule has 0 spiro atoms. The molecular formula is C11H15N3O4. The summed E-state index contributed by atoms with van der Waals surface area (Å²) in [4.78, 5) is 38.0. The van der Waals surface area contributed by atoms with E-state index in [0.29, 0.717) is 13.1 Å². The molecule has 7 heteroatoms. The average Bonchev–Trinajstić information content (AvgIpc) is 2.34. The predicted octanol–water partition coefficient (Wildman–Crippen LogP) is -0.745. The summed E-state index contributed by atoms with van der Waals surface area (Å²) in [5.74, 6) is -0.715. The Hall–Kier alpha value is -2.05. The van der Waals surface area contributed by atoms with E-state index in [1.165, 1.54) is 0 Å². The summed E-state index contributed by atoms with van der Waals surface area (Å²) in [6.45, 7) is 1.11. The lowest BCUT2D eigenvalue weighted by Gasteiger charge is -2.26. The van der Waals surface area contributed by atoms with Crippen LogP contribution in [0.5, 0.6) is 5.88 Å². The van der Waals surface area contributed by atoms with Gasteiger partial charge in [0.15, 0.2) is 0 Å². The Labute approximate surface area is 103 Å². The smallest absolute Gasteiger partial charge is 0.331 e. The van der Waals surface area contributed by atoms with E-state index in [-0.39, 0.29) is 12.5 Å². The number of amides is 1. The molecule has 0 radical (unpaired) electrons. The minimum Gasteiger partial charge on any atom is -0.494 e. The summed E-state index contributed by atoms with van der Waals surface area (Å²) in [5.41, 5.74) is -1.45. The van der Waals surface area contributed by atoms with Crippen molar-refractivity contribution in [2.75, 3.05) is 13.1 Å². The number of nitrogens with one attached hydrogen (secondary N) is 1. The quantitative estimate of drug-likeness (QED) is 0.725. The highest BCUT2D eigenvalue weighted by molar-refractivity contribution is 5.76. The molecule has 0 saturated carbocycles. The molecule has 98 valence electrons. The zero-order valence-electron chi connectivity index (χ0n) is 9.89. The van der Waals surface area contributed by atoms with Gasteiger partial charge in [-0.1, -0.05) is 0 Å². The Morgan fingerprint density at radius 2 is 1.94 bits per heavy atom. The number of rotatable bonds is 2. The Balaban J connectivity index is 2.16. The summed E-state index contributed by atoms with van der Waals surface area (Å²) in [5, 5.41) is 9.49. The first-order valence-corrected chi connectivity index (χ1v) is 5.89. The number of hydrogen-bond acceptors (Lipinski definition) is 4. The van der Waals surface area contributed by atoms with E-state index in [1.807, 2.05) is 4.98 Å². The first-order valence-electron chi connectivity index (χ1n) is 5.89. The number of likely N-dealkylation sites (tertiary alicyclic amines) is 1. The number of nitrogens with zero attached hydrogens (tertiary/aromatic N) is 2. The second kappa shape index (κ2) is 5.07. The molecule has 1 fully saturated rings. The minimum atomic E-state index is -0.773. The second-order valence-electron chi connectivity index (χ2n) is 4.32. The van der Waals surface area contributed by atoms with Crippen LogP contribution in [0, 0.1) is 0 Å². The lowest BCUT2D eigenvalue weighted by atomic mass is 10.1. The third-order valence-corrected chi connectivity index (χ3v) is 3.01. The van der Waals surface area contributed by atoms with Crippen LogP contribution in [-0.2, 0) is 11.3 Å². The van der Waals surface area contributed by atoms with Crippen molar-refractivity contribution in [3.63, 3.8) is 0 Å². The molecule has 0 unspecified atom stereocenters. The van der Waals surface area contributed by atoms with E-state index in [9.17, 15) is 19.5 Å². The van der Waals surface area contributed by atoms with Crippen LogP contribution >= 0.6 is 0 Å². The number of H-pyrrole nitrogens is 1. The van der Waals surface area contributed by atoms with Crippen LogP contribution in [0.25, 0.3) is 0 Å². The van der Waals surface area contributed by atoms with E-state index in [4.69, 9.17) is 0 Å². The molecule has 18 heavy (non-hydrogen) atoms. The van der Waals surface area contributed by atoms with Gasteiger partial charge in [-0.3, -0.25) is 19.1 Å². The average molecular weight is 253 g/mol. The molecule has 1 saturated heterocycles. The fourth-order valence-corrected chi connectivity index (χ4v) is 2.04. The van der Waals surface area contributed by atoms with Crippen molar-refractivity contribution in [1.82, 2.24) is 14.5 Å². The second-order valence-corrected chi connectivity index (χ2v) is 4.32. The zero-order valence-corrected chi connectivity index (χ0v) is 9.89. The maximum atomic E-state index is 11.9. The van der Waals surface area contributed by atoms with Gasteiger partial charge >= 0.3 is 5.69 Å². The summed E-state index contributed by atoms with van der Waals surface area (Å²) in [7, 11) is 0. The molecule has 2 heterocycles. The fraction of sp³-hybridized carbons (Fsp3) is 0.545. The summed E-state index contributed by atoms with van der Waals surface area (Å²) >= 11 is 0. The van der Waals surface area contributed by atoms with Gasteiger partial charge in [-0.15, -0.1) is 0 Å². The van der Waals surface area contributed by atoms with E-state index < -0.39 is 17.1 Å². The molecule has 0 aliphatic carbocycles. The van der Waals surface area contributed by atoms with Crippen LogP contribution in [0.15, 0.2) is 15.7 Å². The zero-order chi connectivity index (χ0) is 13.1. The summed E-state index contributed by atoms with van der Waals surface area (Å²) in [6.07, 6.45) is 3.02. The number of hydrogen-bond donors (Lipinski definition) is 2. The van der Waals surface area contributed by atoms with Crippen LogP contribution in [0.3, 0.4) is 0 Å². The Morgan fingerprint density at radius 1 is 1.28 bits per heavy atom. The highest BCUT2D eigenvalue weighted by atomic mass is 16.3. The van der Waals surface area contributed by atoms with E-state index in [2.05, 4.69) is 0 Å². The standard InChI is InChI=1S/C11H15N3O4/c15-8-6-9(16)14(11(18)12-8)7-10(17)13-4-2-1-3-5-13/h6,16H,1-5,7H2,(H,12,15,18). The van der Waals surface area contributed by atoms with Crippen molar-refractivity contribution in [2.24, 2.45) is 0 Å². The number of carbonyl (C=O) groups is 1. The summed E-state index contributed by atoms with van der Waals surface area (Å²) in [6, 6.07) is 0.880. The molecule has 1 aromatic rings. The Morgan fingerprint density at radius 3 is 2.56 bits per heavy atom. The predicted molar refractivity (Wildman–Crippen MR) is 63.4 cm³/mol. The lowest BCUT2D eigenvalue weighted by molar-refractivity contribution is -0.132. The number of aromatic nitrogens is 2. The highest BCUT2D eigenvalue weighted by Gasteiger charge is 2.18. The third-order valence-electron chi connectivity index (χ3n) is 3.01. The molecule has 0 bridgehead atoms. The van der Waals surface area contributed by atoms with Gasteiger partial charge in [0.1, 0.15) is 6.54 Å². The van der Waals surface area contributed by atoms with Crippen molar-refractivity contribution in [3.05, 3.63) is 26.9 Å². The molecule has 1 amide bonds. The van der Waals surface area contributed by atoms with E-state index in [1.54, 1.807) is 4.90 Å². The van der Waals surface area contributed by atoms with Gasteiger partial charge in [0.25, 0.3) is 5.56 Å². The van der Waals surface area contributed by atoms with Crippen LogP contribution in [0.4, 0.5) is 0 Å². The fourth-order valence-electron chi connectivity index (χ4n) is 2.04.